The molecule has 0 bridgehead atoms. The molecule has 1 N–H and O–H groups in total. The van der Waals surface area contributed by atoms with E-state index >= 15 is 0 Å². The third-order valence-corrected chi connectivity index (χ3v) is 5.00. The van der Waals surface area contributed by atoms with Gasteiger partial charge in [-0.25, -0.2) is 9.38 Å². The summed E-state index contributed by atoms with van der Waals surface area (Å²) in [6.07, 6.45) is 2.28. The molecule has 1 fully saturated rings. The smallest absolute Gasteiger partial charge is 0.203 e. The van der Waals surface area contributed by atoms with Crippen molar-refractivity contribution in [2.45, 2.75) is 19.8 Å². The highest BCUT2D eigenvalue weighted by atomic mass is 19.1. The Morgan fingerprint density at radius 3 is 2.40 bits per heavy atom. The molecule has 1 heterocycles. The summed E-state index contributed by atoms with van der Waals surface area (Å²) in [6, 6.07) is 22.4. The van der Waals surface area contributed by atoms with E-state index in [1.165, 1.54) is 12.1 Å². The molecule has 0 unspecified atom stereocenters. The fourth-order valence-electron chi connectivity index (χ4n) is 3.39. The summed E-state index contributed by atoms with van der Waals surface area (Å²) >= 11 is 0. The molecule has 4 heteroatoms. The van der Waals surface area contributed by atoms with Crippen molar-refractivity contribution in [1.29, 1.82) is 0 Å². The van der Waals surface area contributed by atoms with Gasteiger partial charge in [-0.15, -0.1) is 0 Å². The second-order valence-corrected chi connectivity index (χ2v) is 7.40. The third-order valence-electron chi connectivity index (χ3n) is 5.00. The van der Waals surface area contributed by atoms with Gasteiger partial charge in [0.2, 0.25) is 5.96 Å². The Bertz CT molecular complexity index is 1090. The van der Waals surface area contributed by atoms with E-state index in [9.17, 15) is 4.39 Å². The molecule has 0 amide bonds. The van der Waals surface area contributed by atoms with Gasteiger partial charge in [-0.1, -0.05) is 36.1 Å². The first-order valence-electron chi connectivity index (χ1n) is 10.2. The number of benzene rings is 3. The van der Waals surface area contributed by atoms with Crippen LogP contribution in [0.25, 0.3) is 0 Å². The van der Waals surface area contributed by atoms with Crippen LogP contribution in [-0.2, 0) is 0 Å². The highest BCUT2D eigenvalue weighted by molar-refractivity contribution is 5.95. The van der Waals surface area contributed by atoms with Gasteiger partial charge in [-0.2, -0.15) is 0 Å². The van der Waals surface area contributed by atoms with Crippen LogP contribution in [0.4, 0.5) is 15.8 Å². The number of anilines is 1. The second kappa shape index (κ2) is 9.28. The minimum Gasteiger partial charge on any atom is -0.342 e. The number of rotatable bonds is 2. The Morgan fingerprint density at radius 1 is 0.933 bits per heavy atom. The van der Waals surface area contributed by atoms with Crippen LogP contribution in [0.5, 0.6) is 0 Å². The zero-order chi connectivity index (χ0) is 20.8. The first-order chi connectivity index (χ1) is 14.7. The molecule has 1 aliphatic rings. The number of halogens is 1. The molecule has 3 aromatic rings. The first kappa shape index (κ1) is 19.7. The fraction of sp³-hybridized carbons (Fsp3) is 0.192. The molecule has 0 spiro atoms. The molecule has 3 nitrogen and oxygen atoms in total. The van der Waals surface area contributed by atoms with Gasteiger partial charge < -0.3 is 10.2 Å². The fourth-order valence-corrected chi connectivity index (χ4v) is 3.39. The average Bonchev–Trinajstić information content (AvgIpc) is 3.30. The number of nitrogens with one attached hydrogen (secondary N) is 1. The van der Waals surface area contributed by atoms with Crippen molar-refractivity contribution in [2.24, 2.45) is 4.99 Å². The van der Waals surface area contributed by atoms with Crippen molar-refractivity contribution in [2.75, 3.05) is 18.4 Å². The Hall–Kier alpha value is -3.58. The molecule has 0 saturated carbocycles. The Kier molecular flexibility index (Phi) is 6.10. The maximum Gasteiger partial charge on any atom is 0.203 e. The average molecular weight is 397 g/mol. The Labute approximate surface area is 177 Å². The molecule has 4 rings (SSSR count). The van der Waals surface area contributed by atoms with Crippen molar-refractivity contribution in [1.82, 2.24) is 4.90 Å². The van der Waals surface area contributed by atoms with Gasteiger partial charge in [0.15, 0.2) is 0 Å². The maximum atomic E-state index is 13.3. The minimum absolute atomic E-state index is 0.253. The summed E-state index contributed by atoms with van der Waals surface area (Å²) in [5.41, 5.74) is 4.63. The molecule has 0 atom stereocenters. The van der Waals surface area contributed by atoms with E-state index in [4.69, 9.17) is 4.99 Å². The largest absolute Gasteiger partial charge is 0.342 e. The van der Waals surface area contributed by atoms with E-state index in [0.717, 1.165) is 60.0 Å². The van der Waals surface area contributed by atoms with Crippen molar-refractivity contribution in [3.05, 3.63) is 95.3 Å². The lowest BCUT2D eigenvalue weighted by atomic mass is 10.1. The number of nitrogens with zero attached hydrogens (tertiary/aromatic N) is 2. The lowest BCUT2D eigenvalue weighted by Gasteiger charge is -2.21. The van der Waals surface area contributed by atoms with E-state index < -0.39 is 0 Å². The highest BCUT2D eigenvalue weighted by Gasteiger charge is 2.17. The van der Waals surface area contributed by atoms with Gasteiger partial charge in [-0.3, -0.25) is 0 Å². The molecule has 1 aliphatic heterocycles. The summed E-state index contributed by atoms with van der Waals surface area (Å²) in [5, 5.41) is 3.37. The zero-order valence-corrected chi connectivity index (χ0v) is 17.0. The predicted octanol–water partition coefficient (Wildman–Crippen LogP) is 5.73. The number of aliphatic imine (C=N–C) groups is 1. The molecule has 3 aromatic carbocycles. The summed E-state index contributed by atoms with van der Waals surface area (Å²) in [6.45, 7) is 3.95. The van der Waals surface area contributed by atoms with Crippen LogP contribution in [-0.4, -0.2) is 23.9 Å². The molecule has 0 aromatic heterocycles. The van der Waals surface area contributed by atoms with Crippen LogP contribution in [0.15, 0.2) is 77.8 Å². The van der Waals surface area contributed by atoms with Gasteiger partial charge in [0.1, 0.15) is 5.82 Å². The van der Waals surface area contributed by atoms with E-state index in [2.05, 4.69) is 35.0 Å². The monoisotopic (exact) mass is 397 g/mol. The molecule has 30 heavy (non-hydrogen) atoms. The number of guanidine groups is 1. The van der Waals surface area contributed by atoms with Gasteiger partial charge in [0, 0.05) is 24.3 Å². The maximum absolute atomic E-state index is 13.3. The van der Waals surface area contributed by atoms with Crippen LogP contribution in [0, 0.1) is 24.6 Å². The van der Waals surface area contributed by atoms with Gasteiger partial charge in [-0.05, 0) is 73.9 Å². The van der Waals surface area contributed by atoms with E-state index in [-0.39, 0.29) is 5.82 Å². The van der Waals surface area contributed by atoms with Crippen LogP contribution < -0.4 is 5.32 Å². The van der Waals surface area contributed by atoms with Crippen molar-refractivity contribution < 1.29 is 4.39 Å². The van der Waals surface area contributed by atoms with E-state index in [1.54, 1.807) is 12.1 Å². The van der Waals surface area contributed by atoms with Crippen molar-refractivity contribution >= 4 is 17.3 Å². The van der Waals surface area contributed by atoms with Gasteiger partial charge in [0.05, 0.1) is 11.3 Å². The lowest BCUT2D eigenvalue weighted by Crippen LogP contribution is -2.33. The molecule has 0 radical (unpaired) electrons. The molecule has 150 valence electrons. The van der Waals surface area contributed by atoms with Crippen LogP contribution in [0.3, 0.4) is 0 Å². The van der Waals surface area contributed by atoms with Gasteiger partial charge >= 0.3 is 0 Å². The molecule has 1 saturated heterocycles. The highest BCUT2D eigenvalue weighted by Crippen LogP contribution is 2.23. The van der Waals surface area contributed by atoms with Crippen molar-refractivity contribution in [3.8, 4) is 11.8 Å². The molecular weight excluding hydrogens is 373 g/mol. The van der Waals surface area contributed by atoms with E-state index in [0.29, 0.717) is 0 Å². The predicted molar refractivity (Wildman–Crippen MR) is 122 cm³/mol. The minimum atomic E-state index is -0.253. The normalized spacial score (nSPS) is 13.7. The number of hydrogen-bond donors (Lipinski definition) is 1. The van der Waals surface area contributed by atoms with E-state index in [1.807, 2.05) is 42.5 Å². The SMILES string of the molecule is Cc1ccc(N=C(Nc2ccc(F)cc2)N2CCCC2)c(C#Cc2ccccc2)c1. The molecule has 0 aliphatic carbocycles. The number of likely N-dealkylation sites (tertiary alicyclic amines) is 1. The van der Waals surface area contributed by atoms with Crippen LogP contribution in [0.2, 0.25) is 0 Å². The third kappa shape index (κ3) is 5.07. The topological polar surface area (TPSA) is 27.6 Å². The first-order valence-corrected chi connectivity index (χ1v) is 10.2. The Balaban J connectivity index is 1.70. The summed E-state index contributed by atoms with van der Waals surface area (Å²) in [5.74, 6) is 7.03. The molecular formula is C26H24FN3. The number of hydrogen-bond acceptors (Lipinski definition) is 1. The number of aryl methyl sites for hydroxylation is 1. The Morgan fingerprint density at radius 2 is 1.67 bits per heavy atom. The summed E-state index contributed by atoms with van der Waals surface area (Å²) < 4.78 is 13.3. The van der Waals surface area contributed by atoms with Crippen LogP contribution in [0.1, 0.15) is 29.5 Å². The standard InChI is InChI=1S/C26H24FN3/c1-20-9-16-25(22(19-20)11-10-21-7-3-2-4-8-21)29-26(30-17-5-6-18-30)28-24-14-12-23(27)13-15-24/h2-4,7-9,12-16,19H,5-6,17-18H2,1H3,(H,28,29). The summed E-state index contributed by atoms with van der Waals surface area (Å²) in [7, 11) is 0. The summed E-state index contributed by atoms with van der Waals surface area (Å²) in [4.78, 5) is 7.18. The van der Waals surface area contributed by atoms with Gasteiger partial charge in [0.25, 0.3) is 0 Å². The lowest BCUT2D eigenvalue weighted by molar-refractivity contribution is 0.518. The quantitative estimate of drug-likeness (QED) is 0.340. The zero-order valence-electron chi connectivity index (χ0n) is 17.0. The van der Waals surface area contributed by atoms with Crippen molar-refractivity contribution in [3.63, 3.8) is 0 Å². The second-order valence-electron chi connectivity index (χ2n) is 7.40. The van der Waals surface area contributed by atoms with Crippen LogP contribution >= 0.6 is 0 Å².